The Bertz CT molecular complexity index is 1590. The van der Waals surface area contributed by atoms with Crippen LogP contribution in [0.2, 0.25) is 0 Å². The molecule has 2 heterocycles. The molecule has 5 nitrogen and oxygen atoms in total. The number of aromatic nitrogens is 1. The van der Waals surface area contributed by atoms with E-state index in [-0.39, 0.29) is 5.91 Å². The van der Waals surface area contributed by atoms with Gasteiger partial charge in [-0.1, -0.05) is 97.1 Å². The standard InChI is InChI=1S/C34H32N2O3/c1-38-32(39-2)21-34(28-18-10-12-20-31(28)36(33(34)37)23-26-15-7-4-8-16-26)29-24-35(22-25-13-5-3-6-14-25)30-19-11-9-17-27(29)30/h3-20,24,32H,21-23H2,1-2H3/t34-/m0/s1. The first-order valence-corrected chi connectivity index (χ1v) is 13.3. The summed E-state index contributed by atoms with van der Waals surface area (Å²) in [6, 6.07) is 37.1. The summed E-state index contributed by atoms with van der Waals surface area (Å²) in [6.45, 7) is 1.20. The van der Waals surface area contributed by atoms with E-state index in [0.29, 0.717) is 19.5 Å². The lowest BCUT2D eigenvalue weighted by Crippen LogP contribution is -2.44. The van der Waals surface area contributed by atoms with Crippen molar-refractivity contribution in [3.05, 3.63) is 138 Å². The number of methoxy groups -OCH3 is 2. The highest BCUT2D eigenvalue weighted by Crippen LogP contribution is 2.51. The van der Waals surface area contributed by atoms with Gasteiger partial charge < -0.3 is 18.9 Å². The van der Waals surface area contributed by atoms with Gasteiger partial charge in [0.1, 0.15) is 5.41 Å². The van der Waals surface area contributed by atoms with Gasteiger partial charge in [0.2, 0.25) is 5.91 Å². The van der Waals surface area contributed by atoms with Crippen LogP contribution in [0.1, 0.15) is 28.7 Å². The Morgan fingerprint density at radius 2 is 1.28 bits per heavy atom. The number of benzene rings is 4. The second kappa shape index (κ2) is 10.5. The van der Waals surface area contributed by atoms with Gasteiger partial charge in [-0.25, -0.2) is 0 Å². The molecule has 5 aromatic rings. The molecule has 5 heteroatoms. The fraction of sp³-hybridized carbons (Fsp3) is 0.206. The van der Waals surface area contributed by atoms with Crippen molar-refractivity contribution < 1.29 is 14.3 Å². The molecule has 1 atom stereocenters. The number of anilines is 1. The Labute approximate surface area is 229 Å². The molecule has 0 unspecified atom stereocenters. The predicted octanol–water partition coefficient (Wildman–Crippen LogP) is 6.53. The molecule has 0 saturated carbocycles. The van der Waals surface area contributed by atoms with Gasteiger partial charge in [-0.3, -0.25) is 4.79 Å². The highest BCUT2D eigenvalue weighted by molar-refractivity contribution is 6.12. The molecule has 1 aliphatic rings. The van der Waals surface area contributed by atoms with E-state index in [4.69, 9.17) is 9.47 Å². The average molecular weight is 517 g/mol. The van der Waals surface area contributed by atoms with E-state index in [1.54, 1.807) is 14.2 Å². The van der Waals surface area contributed by atoms with Crippen LogP contribution in [0.3, 0.4) is 0 Å². The van der Waals surface area contributed by atoms with Crippen molar-refractivity contribution in [1.29, 1.82) is 0 Å². The van der Waals surface area contributed by atoms with Gasteiger partial charge in [0.25, 0.3) is 0 Å². The highest BCUT2D eigenvalue weighted by Gasteiger charge is 2.54. The van der Waals surface area contributed by atoms with Gasteiger partial charge >= 0.3 is 0 Å². The van der Waals surface area contributed by atoms with Gasteiger partial charge in [0.15, 0.2) is 6.29 Å². The molecule has 196 valence electrons. The van der Waals surface area contributed by atoms with Crippen molar-refractivity contribution in [3.63, 3.8) is 0 Å². The van der Waals surface area contributed by atoms with Crippen LogP contribution >= 0.6 is 0 Å². The quantitative estimate of drug-likeness (QED) is 0.209. The Kier molecular flexibility index (Phi) is 6.77. The number of carbonyl (C=O) groups is 1. The second-order valence-electron chi connectivity index (χ2n) is 10.1. The molecule has 39 heavy (non-hydrogen) atoms. The van der Waals surface area contributed by atoms with Crippen LogP contribution in [-0.4, -0.2) is 31.0 Å². The number of fused-ring (bicyclic) bond motifs is 2. The summed E-state index contributed by atoms with van der Waals surface area (Å²) in [6.07, 6.45) is 1.97. The second-order valence-corrected chi connectivity index (χ2v) is 10.1. The van der Waals surface area contributed by atoms with Crippen molar-refractivity contribution >= 4 is 22.5 Å². The van der Waals surface area contributed by atoms with Gasteiger partial charge in [-0.15, -0.1) is 0 Å². The zero-order chi connectivity index (χ0) is 26.8. The minimum atomic E-state index is -0.983. The molecule has 0 radical (unpaired) electrons. The topological polar surface area (TPSA) is 43.7 Å². The number of nitrogens with zero attached hydrogens (tertiary/aromatic N) is 2. The monoisotopic (exact) mass is 516 g/mol. The molecular formula is C34H32N2O3. The first kappa shape index (κ1) is 25.1. The molecule has 0 saturated heterocycles. The SMILES string of the molecule is COC(C[C@]1(c2cn(Cc3ccccc3)c3ccccc23)C(=O)N(Cc2ccccc2)c2ccccc21)OC. The normalized spacial score (nSPS) is 16.8. The van der Waals surface area contributed by atoms with Crippen LogP contribution in [-0.2, 0) is 32.8 Å². The summed E-state index contributed by atoms with van der Waals surface area (Å²) in [5.74, 6) is 0.0364. The molecular weight excluding hydrogens is 484 g/mol. The lowest BCUT2D eigenvalue weighted by atomic mass is 9.72. The first-order valence-electron chi connectivity index (χ1n) is 13.3. The van der Waals surface area contributed by atoms with E-state index in [9.17, 15) is 4.79 Å². The van der Waals surface area contributed by atoms with Crippen molar-refractivity contribution in [1.82, 2.24) is 4.57 Å². The molecule has 0 fully saturated rings. The third-order valence-electron chi connectivity index (χ3n) is 7.89. The molecule has 1 aromatic heterocycles. The molecule has 4 aromatic carbocycles. The number of para-hydroxylation sites is 2. The molecule has 1 aliphatic heterocycles. The van der Waals surface area contributed by atoms with Gasteiger partial charge in [-0.05, 0) is 34.4 Å². The predicted molar refractivity (Wildman–Crippen MR) is 155 cm³/mol. The average Bonchev–Trinajstić information content (AvgIpc) is 3.46. The number of hydrogen-bond donors (Lipinski definition) is 0. The van der Waals surface area contributed by atoms with Gasteiger partial charge in [-0.2, -0.15) is 0 Å². The van der Waals surface area contributed by atoms with Gasteiger partial charge in [0, 0.05) is 50.0 Å². The summed E-state index contributed by atoms with van der Waals surface area (Å²) in [4.78, 5) is 16.8. The van der Waals surface area contributed by atoms with Crippen molar-refractivity contribution in [2.75, 3.05) is 19.1 Å². The largest absolute Gasteiger partial charge is 0.356 e. The minimum Gasteiger partial charge on any atom is -0.356 e. The Morgan fingerprint density at radius 1 is 0.692 bits per heavy atom. The lowest BCUT2D eigenvalue weighted by Gasteiger charge is -2.32. The number of amides is 1. The number of rotatable bonds is 9. The first-order chi connectivity index (χ1) is 19.2. The zero-order valence-electron chi connectivity index (χ0n) is 22.3. The smallest absolute Gasteiger partial charge is 0.242 e. The maximum atomic E-state index is 14.9. The van der Waals surface area contributed by atoms with E-state index in [0.717, 1.165) is 33.3 Å². The van der Waals surface area contributed by atoms with Crippen molar-refractivity contribution in [3.8, 4) is 0 Å². The minimum absolute atomic E-state index is 0.0364. The summed E-state index contributed by atoms with van der Waals surface area (Å²) in [7, 11) is 3.27. The maximum Gasteiger partial charge on any atom is 0.242 e. The summed E-state index contributed by atoms with van der Waals surface area (Å²) in [5.41, 5.74) is 5.27. The van der Waals surface area contributed by atoms with Crippen LogP contribution in [0.15, 0.2) is 115 Å². The van der Waals surface area contributed by atoms with E-state index < -0.39 is 11.7 Å². The molecule has 0 bridgehead atoms. The molecule has 0 N–H and O–H groups in total. The van der Waals surface area contributed by atoms with Gasteiger partial charge in [0.05, 0.1) is 6.54 Å². The van der Waals surface area contributed by atoms with Crippen LogP contribution in [0.4, 0.5) is 5.69 Å². The van der Waals surface area contributed by atoms with E-state index in [1.807, 2.05) is 47.4 Å². The number of carbonyl (C=O) groups excluding carboxylic acids is 1. The van der Waals surface area contributed by atoms with Crippen molar-refractivity contribution in [2.24, 2.45) is 0 Å². The van der Waals surface area contributed by atoms with E-state index in [2.05, 4.69) is 77.5 Å². The van der Waals surface area contributed by atoms with E-state index >= 15 is 0 Å². The summed E-state index contributed by atoms with van der Waals surface area (Å²) in [5, 5.41) is 1.06. The summed E-state index contributed by atoms with van der Waals surface area (Å²) < 4.78 is 13.7. The molecule has 6 rings (SSSR count). The lowest BCUT2D eigenvalue weighted by molar-refractivity contribution is -0.134. The third-order valence-corrected chi connectivity index (χ3v) is 7.89. The fourth-order valence-electron chi connectivity index (χ4n) is 6.03. The Balaban J connectivity index is 1.57. The number of hydrogen-bond acceptors (Lipinski definition) is 3. The molecule has 0 spiro atoms. The van der Waals surface area contributed by atoms with Crippen LogP contribution in [0.25, 0.3) is 10.9 Å². The number of ether oxygens (including phenoxy) is 2. The Morgan fingerprint density at radius 3 is 1.97 bits per heavy atom. The van der Waals surface area contributed by atoms with Crippen LogP contribution in [0.5, 0.6) is 0 Å². The molecule has 1 amide bonds. The van der Waals surface area contributed by atoms with Crippen LogP contribution in [0, 0.1) is 0 Å². The van der Waals surface area contributed by atoms with Crippen molar-refractivity contribution in [2.45, 2.75) is 31.2 Å². The van der Waals surface area contributed by atoms with E-state index in [1.165, 1.54) is 5.56 Å². The molecule has 0 aliphatic carbocycles. The summed E-state index contributed by atoms with van der Waals surface area (Å²) >= 11 is 0. The third kappa shape index (κ3) is 4.34. The van der Waals surface area contributed by atoms with Crippen LogP contribution < -0.4 is 4.90 Å². The Hall–Kier alpha value is -4.19. The highest BCUT2D eigenvalue weighted by atomic mass is 16.7. The zero-order valence-corrected chi connectivity index (χ0v) is 22.3. The fourth-order valence-corrected chi connectivity index (χ4v) is 6.03. The maximum absolute atomic E-state index is 14.9.